The smallest absolute Gasteiger partial charge is 0.322 e. The second kappa shape index (κ2) is 5.44. The van der Waals surface area contributed by atoms with Crippen molar-refractivity contribution in [3.8, 4) is 0 Å². The molecule has 0 saturated heterocycles. The minimum Gasteiger partial charge on any atom is -0.408 e. The first kappa shape index (κ1) is 12.8. The van der Waals surface area contributed by atoms with Crippen LogP contribution in [0.2, 0.25) is 0 Å². The number of carbonyl (C=O) groups excluding carboxylic acids is 1. The molecule has 1 fully saturated rings. The monoisotopic (exact) mass is 276 g/mol. The minimum absolute atomic E-state index is 0.108. The first-order valence-electron chi connectivity index (χ1n) is 6.80. The number of aromatic nitrogens is 3. The highest BCUT2D eigenvalue weighted by Gasteiger charge is 2.22. The van der Waals surface area contributed by atoms with Crippen LogP contribution in [0.25, 0.3) is 0 Å². The minimum atomic E-state index is -0.416. The largest absolute Gasteiger partial charge is 0.408 e. The molecule has 0 aliphatic heterocycles. The number of carbonyl (C=O) groups is 1. The molecule has 1 saturated carbocycles. The zero-order valence-corrected chi connectivity index (χ0v) is 11.3. The van der Waals surface area contributed by atoms with Crippen molar-refractivity contribution >= 4 is 11.9 Å². The van der Waals surface area contributed by atoms with Crippen LogP contribution in [0, 0.1) is 6.92 Å². The third kappa shape index (κ3) is 2.71. The lowest BCUT2D eigenvalue weighted by atomic mass is 9.89. The second-order valence-corrected chi connectivity index (χ2v) is 5.06. The van der Waals surface area contributed by atoms with Crippen molar-refractivity contribution in [2.45, 2.75) is 44.9 Å². The van der Waals surface area contributed by atoms with Crippen molar-refractivity contribution in [3.05, 3.63) is 23.4 Å². The second-order valence-electron chi connectivity index (χ2n) is 5.06. The van der Waals surface area contributed by atoms with Gasteiger partial charge in [0.2, 0.25) is 5.89 Å². The topological polar surface area (TPSA) is 94.1 Å². The zero-order chi connectivity index (χ0) is 13.9. The molecule has 0 bridgehead atoms. The Bertz CT molecular complexity index is 598. The molecule has 0 spiro atoms. The van der Waals surface area contributed by atoms with E-state index in [0.717, 1.165) is 12.8 Å². The van der Waals surface area contributed by atoms with Crippen LogP contribution in [-0.4, -0.2) is 21.3 Å². The van der Waals surface area contributed by atoms with Gasteiger partial charge in [-0.1, -0.05) is 29.5 Å². The SMILES string of the molecule is Cc1cc(C(=O)Nc2nnc(C3CCCCC3)o2)no1. The molecule has 0 unspecified atom stereocenters. The molecule has 1 amide bonds. The van der Waals surface area contributed by atoms with Crippen LogP contribution in [-0.2, 0) is 0 Å². The van der Waals surface area contributed by atoms with Gasteiger partial charge in [-0.3, -0.25) is 10.1 Å². The van der Waals surface area contributed by atoms with Crippen LogP contribution in [0.15, 0.2) is 15.0 Å². The molecule has 7 nitrogen and oxygen atoms in total. The summed E-state index contributed by atoms with van der Waals surface area (Å²) in [6, 6.07) is 1.66. The predicted molar refractivity (Wildman–Crippen MR) is 69.3 cm³/mol. The number of nitrogens with zero attached hydrogens (tertiary/aromatic N) is 3. The summed E-state index contributed by atoms with van der Waals surface area (Å²) >= 11 is 0. The highest BCUT2D eigenvalue weighted by Crippen LogP contribution is 2.32. The Kier molecular flexibility index (Phi) is 3.49. The fraction of sp³-hybridized carbons (Fsp3) is 0.538. The van der Waals surface area contributed by atoms with Gasteiger partial charge in [0, 0.05) is 12.0 Å². The Hall–Kier alpha value is -2.18. The lowest BCUT2D eigenvalue weighted by Crippen LogP contribution is -2.12. The van der Waals surface area contributed by atoms with Gasteiger partial charge in [-0.2, -0.15) is 0 Å². The van der Waals surface area contributed by atoms with E-state index < -0.39 is 5.91 Å². The van der Waals surface area contributed by atoms with Crippen molar-refractivity contribution < 1.29 is 13.7 Å². The fourth-order valence-electron chi connectivity index (χ4n) is 2.43. The summed E-state index contributed by atoms with van der Waals surface area (Å²) < 4.78 is 10.4. The van der Waals surface area contributed by atoms with Crippen molar-refractivity contribution in [1.29, 1.82) is 0 Å². The Balaban J connectivity index is 1.66. The number of aryl methyl sites for hydroxylation is 1. The fourth-order valence-corrected chi connectivity index (χ4v) is 2.43. The number of nitrogens with one attached hydrogen (secondary N) is 1. The summed E-state index contributed by atoms with van der Waals surface area (Å²) in [6.45, 7) is 1.72. The molecule has 2 aromatic rings. The van der Waals surface area contributed by atoms with Gasteiger partial charge in [0.05, 0.1) is 0 Å². The van der Waals surface area contributed by atoms with Crippen LogP contribution in [0.1, 0.15) is 60.2 Å². The number of anilines is 1. The Morgan fingerprint density at radius 3 is 2.80 bits per heavy atom. The van der Waals surface area contributed by atoms with Gasteiger partial charge >= 0.3 is 6.01 Å². The van der Waals surface area contributed by atoms with Gasteiger partial charge in [-0.25, -0.2) is 0 Å². The molecular weight excluding hydrogens is 260 g/mol. The summed E-state index contributed by atoms with van der Waals surface area (Å²) in [5.74, 6) is 1.08. The molecule has 2 heterocycles. The summed E-state index contributed by atoms with van der Waals surface area (Å²) in [4.78, 5) is 11.9. The third-order valence-electron chi connectivity index (χ3n) is 3.48. The van der Waals surface area contributed by atoms with Crippen LogP contribution < -0.4 is 5.32 Å². The van der Waals surface area contributed by atoms with E-state index in [1.165, 1.54) is 19.3 Å². The standard InChI is InChI=1S/C13H16N4O3/c1-8-7-10(17-20-8)11(18)14-13-16-15-12(19-13)9-5-3-2-4-6-9/h7,9H,2-6H2,1H3,(H,14,16,18). The van der Waals surface area contributed by atoms with E-state index in [1.807, 2.05) is 0 Å². The van der Waals surface area contributed by atoms with Crippen LogP contribution in [0.4, 0.5) is 6.01 Å². The maximum absolute atomic E-state index is 11.9. The lowest BCUT2D eigenvalue weighted by molar-refractivity contribution is 0.101. The van der Waals surface area contributed by atoms with Gasteiger partial charge < -0.3 is 8.94 Å². The van der Waals surface area contributed by atoms with Crippen LogP contribution in [0.3, 0.4) is 0 Å². The molecule has 1 N–H and O–H groups in total. The maximum Gasteiger partial charge on any atom is 0.322 e. The molecule has 1 aliphatic rings. The summed E-state index contributed by atoms with van der Waals surface area (Å²) in [7, 11) is 0. The first-order valence-corrected chi connectivity index (χ1v) is 6.80. The van der Waals surface area contributed by atoms with E-state index in [9.17, 15) is 4.79 Å². The Morgan fingerprint density at radius 2 is 2.10 bits per heavy atom. The van der Waals surface area contributed by atoms with Crippen molar-refractivity contribution in [3.63, 3.8) is 0 Å². The van der Waals surface area contributed by atoms with Crippen molar-refractivity contribution in [2.24, 2.45) is 0 Å². The predicted octanol–water partition coefficient (Wildman–Crippen LogP) is 2.67. The molecule has 1 aliphatic carbocycles. The quantitative estimate of drug-likeness (QED) is 0.926. The van der Waals surface area contributed by atoms with E-state index in [2.05, 4.69) is 20.7 Å². The summed E-state index contributed by atoms with van der Waals surface area (Å²) in [5.41, 5.74) is 0.194. The third-order valence-corrected chi connectivity index (χ3v) is 3.48. The molecule has 0 radical (unpaired) electrons. The average molecular weight is 276 g/mol. The summed E-state index contributed by atoms with van der Waals surface area (Å²) in [6.07, 6.45) is 5.77. The highest BCUT2D eigenvalue weighted by atomic mass is 16.5. The number of rotatable bonds is 3. The summed E-state index contributed by atoms with van der Waals surface area (Å²) in [5, 5.41) is 14.0. The number of hydrogen-bond acceptors (Lipinski definition) is 6. The molecule has 20 heavy (non-hydrogen) atoms. The highest BCUT2D eigenvalue weighted by molar-refractivity contribution is 6.01. The normalized spacial score (nSPS) is 16.2. The molecule has 106 valence electrons. The van der Waals surface area contributed by atoms with Crippen LogP contribution in [0.5, 0.6) is 0 Å². The first-order chi connectivity index (χ1) is 9.72. The van der Waals surface area contributed by atoms with Crippen molar-refractivity contribution in [1.82, 2.24) is 15.4 Å². The van der Waals surface area contributed by atoms with Gasteiger partial charge in [-0.05, 0) is 19.8 Å². The number of amides is 1. The number of hydrogen-bond donors (Lipinski definition) is 1. The van der Waals surface area contributed by atoms with Crippen LogP contribution >= 0.6 is 0 Å². The molecule has 3 rings (SSSR count). The van der Waals surface area contributed by atoms with E-state index in [0.29, 0.717) is 17.6 Å². The van der Waals surface area contributed by atoms with Gasteiger partial charge in [0.15, 0.2) is 5.69 Å². The lowest BCUT2D eigenvalue weighted by Gasteiger charge is -2.17. The molecular formula is C13H16N4O3. The van der Waals surface area contributed by atoms with Gasteiger partial charge in [0.1, 0.15) is 5.76 Å². The van der Waals surface area contributed by atoms with Gasteiger partial charge in [0.25, 0.3) is 5.91 Å². The maximum atomic E-state index is 11.9. The Morgan fingerprint density at radius 1 is 1.30 bits per heavy atom. The molecule has 2 aromatic heterocycles. The van der Waals surface area contributed by atoms with E-state index in [-0.39, 0.29) is 11.7 Å². The van der Waals surface area contributed by atoms with Gasteiger partial charge in [-0.15, -0.1) is 5.10 Å². The molecule has 0 atom stereocenters. The van der Waals surface area contributed by atoms with E-state index in [1.54, 1.807) is 13.0 Å². The van der Waals surface area contributed by atoms with E-state index in [4.69, 9.17) is 8.94 Å². The Labute approximate surface area is 115 Å². The molecule has 7 heteroatoms. The molecule has 0 aromatic carbocycles. The average Bonchev–Trinajstić information content (AvgIpc) is 3.09. The van der Waals surface area contributed by atoms with Crippen molar-refractivity contribution in [2.75, 3.05) is 5.32 Å². The zero-order valence-electron chi connectivity index (χ0n) is 11.3. The van der Waals surface area contributed by atoms with E-state index >= 15 is 0 Å².